The molecule has 0 spiro atoms. The molecule has 2 amide bonds. The van der Waals surface area contributed by atoms with Crippen molar-refractivity contribution in [2.45, 2.75) is 19.9 Å². The van der Waals surface area contributed by atoms with Crippen molar-refractivity contribution in [3.8, 4) is 5.75 Å². The maximum absolute atomic E-state index is 13.6. The summed E-state index contributed by atoms with van der Waals surface area (Å²) in [7, 11) is 0. The highest BCUT2D eigenvalue weighted by Crippen LogP contribution is 2.19. The van der Waals surface area contributed by atoms with Crippen LogP contribution >= 0.6 is 0 Å². The van der Waals surface area contributed by atoms with Crippen molar-refractivity contribution in [2.75, 3.05) is 11.9 Å². The lowest BCUT2D eigenvalue weighted by Gasteiger charge is -2.23. The minimum atomic E-state index is -0.477. The maximum atomic E-state index is 13.6. The third-order valence-corrected chi connectivity index (χ3v) is 3.25. The fourth-order valence-corrected chi connectivity index (χ4v) is 2.13. The number of phenols is 1. The first-order chi connectivity index (χ1) is 10.6. The first-order valence-electron chi connectivity index (χ1n) is 7.19. The lowest BCUT2D eigenvalue weighted by molar-refractivity contribution is 0.208. The van der Waals surface area contributed by atoms with Gasteiger partial charge in [-0.25, -0.2) is 9.18 Å². The zero-order chi connectivity index (χ0) is 15.9. The zero-order valence-corrected chi connectivity index (χ0v) is 12.4. The third kappa shape index (κ3) is 3.97. The zero-order valence-electron chi connectivity index (χ0n) is 12.4. The van der Waals surface area contributed by atoms with E-state index in [1.165, 1.54) is 12.1 Å². The molecular weight excluding hydrogens is 283 g/mol. The molecule has 2 rings (SSSR count). The fraction of sp³-hybridized carbons (Fsp3) is 0.235. The van der Waals surface area contributed by atoms with Gasteiger partial charge in [0.15, 0.2) is 0 Å². The van der Waals surface area contributed by atoms with E-state index in [-0.39, 0.29) is 18.0 Å². The Labute approximate surface area is 129 Å². The summed E-state index contributed by atoms with van der Waals surface area (Å²) in [5, 5.41) is 12.4. The van der Waals surface area contributed by atoms with E-state index in [9.17, 15) is 14.3 Å². The molecule has 22 heavy (non-hydrogen) atoms. The Morgan fingerprint density at radius 2 is 1.86 bits per heavy atom. The summed E-state index contributed by atoms with van der Waals surface area (Å²) in [5.41, 5.74) is 0.797. The van der Waals surface area contributed by atoms with Gasteiger partial charge in [0.2, 0.25) is 0 Å². The van der Waals surface area contributed by atoms with Crippen LogP contribution in [0.2, 0.25) is 0 Å². The Hall–Kier alpha value is -2.56. The van der Waals surface area contributed by atoms with Crippen LogP contribution in [0.5, 0.6) is 5.75 Å². The predicted molar refractivity (Wildman–Crippen MR) is 84.2 cm³/mol. The van der Waals surface area contributed by atoms with E-state index >= 15 is 0 Å². The second kappa shape index (κ2) is 7.45. The smallest absolute Gasteiger partial charge is 0.322 e. The molecule has 0 saturated carbocycles. The van der Waals surface area contributed by atoms with Crippen molar-refractivity contribution in [3.63, 3.8) is 0 Å². The van der Waals surface area contributed by atoms with Crippen LogP contribution in [0.15, 0.2) is 48.5 Å². The van der Waals surface area contributed by atoms with Crippen molar-refractivity contribution in [3.05, 3.63) is 59.9 Å². The van der Waals surface area contributed by atoms with Gasteiger partial charge in [0, 0.05) is 12.1 Å². The molecule has 0 aromatic heterocycles. The van der Waals surface area contributed by atoms with Crippen molar-refractivity contribution in [1.29, 1.82) is 0 Å². The van der Waals surface area contributed by atoms with Gasteiger partial charge in [0.05, 0.1) is 12.2 Å². The molecule has 0 unspecified atom stereocenters. The highest BCUT2D eigenvalue weighted by Gasteiger charge is 2.16. The second-order valence-electron chi connectivity index (χ2n) is 4.96. The number of aromatic hydroxyl groups is 1. The van der Waals surface area contributed by atoms with Crippen LogP contribution in [0.1, 0.15) is 18.9 Å². The quantitative estimate of drug-likeness (QED) is 0.878. The molecular formula is C17H19FN2O2. The minimum Gasteiger partial charge on any atom is -0.508 e. The van der Waals surface area contributed by atoms with Gasteiger partial charge in [-0.2, -0.15) is 0 Å². The van der Waals surface area contributed by atoms with Gasteiger partial charge in [0.1, 0.15) is 11.6 Å². The number of urea groups is 1. The molecule has 0 bridgehead atoms. The van der Waals surface area contributed by atoms with E-state index < -0.39 is 11.8 Å². The standard InChI is InChI=1S/C17H19FN2O2/c1-2-11-20(12-13-7-3-6-10-16(13)21)17(22)19-15-9-5-4-8-14(15)18/h3-10,21H,2,11-12H2,1H3,(H,19,22). The molecule has 0 aliphatic rings. The van der Waals surface area contributed by atoms with Crippen molar-refractivity contribution < 1.29 is 14.3 Å². The average molecular weight is 302 g/mol. The highest BCUT2D eigenvalue weighted by molar-refractivity contribution is 5.89. The number of hydrogen-bond donors (Lipinski definition) is 2. The number of anilines is 1. The van der Waals surface area contributed by atoms with Gasteiger partial charge in [-0.1, -0.05) is 37.3 Å². The van der Waals surface area contributed by atoms with Gasteiger partial charge < -0.3 is 15.3 Å². The molecule has 2 aromatic rings. The van der Waals surface area contributed by atoms with E-state index in [2.05, 4.69) is 5.32 Å². The fourth-order valence-electron chi connectivity index (χ4n) is 2.13. The summed E-state index contributed by atoms with van der Waals surface area (Å²) in [4.78, 5) is 13.9. The van der Waals surface area contributed by atoms with Crippen LogP contribution in [0.4, 0.5) is 14.9 Å². The maximum Gasteiger partial charge on any atom is 0.322 e. The summed E-state index contributed by atoms with van der Waals surface area (Å²) in [6.45, 7) is 2.73. The van der Waals surface area contributed by atoms with Crippen LogP contribution in [-0.4, -0.2) is 22.6 Å². The number of nitrogens with one attached hydrogen (secondary N) is 1. The number of nitrogens with zero attached hydrogens (tertiary/aromatic N) is 1. The lowest BCUT2D eigenvalue weighted by Crippen LogP contribution is -2.35. The Kier molecular flexibility index (Phi) is 5.36. The van der Waals surface area contributed by atoms with Crippen LogP contribution < -0.4 is 5.32 Å². The van der Waals surface area contributed by atoms with E-state index in [4.69, 9.17) is 0 Å². The third-order valence-electron chi connectivity index (χ3n) is 3.25. The Morgan fingerprint density at radius 3 is 2.55 bits per heavy atom. The number of amides is 2. The Morgan fingerprint density at radius 1 is 1.18 bits per heavy atom. The number of carbonyl (C=O) groups excluding carboxylic acids is 1. The van der Waals surface area contributed by atoms with Gasteiger partial charge in [-0.05, 0) is 24.6 Å². The van der Waals surface area contributed by atoms with Gasteiger partial charge >= 0.3 is 6.03 Å². The molecule has 0 radical (unpaired) electrons. The van der Waals surface area contributed by atoms with E-state index in [1.807, 2.05) is 6.92 Å². The molecule has 0 atom stereocenters. The molecule has 0 fully saturated rings. The molecule has 2 N–H and O–H groups in total. The van der Waals surface area contributed by atoms with Crippen molar-refractivity contribution >= 4 is 11.7 Å². The number of phenolic OH excluding ortho intramolecular Hbond substituents is 1. The average Bonchev–Trinajstić information content (AvgIpc) is 2.51. The molecule has 0 saturated heterocycles. The number of rotatable bonds is 5. The van der Waals surface area contributed by atoms with Crippen LogP contribution in [0.25, 0.3) is 0 Å². The predicted octanol–water partition coefficient (Wildman–Crippen LogP) is 3.98. The monoisotopic (exact) mass is 302 g/mol. The number of benzene rings is 2. The van der Waals surface area contributed by atoms with Gasteiger partial charge in [-0.3, -0.25) is 0 Å². The lowest BCUT2D eigenvalue weighted by atomic mass is 10.2. The molecule has 2 aromatic carbocycles. The van der Waals surface area contributed by atoms with Gasteiger partial charge in [-0.15, -0.1) is 0 Å². The van der Waals surface area contributed by atoms with Crippen LogP contribution in [-0.2, 0) is 6.54 Å². The summed E-state index contributed by atoms with van der Waals surface area (Å²) < 4.78 is 13.6. The van der Waals surface area contributed by atoms with E-state index in [0.29, 0.717) is 12.1 Å². The first kappa shape index (κ1) is 15.8. The number of halogens is 1. The summed E-state index contributed by atoms with van der Waals surface area (Å²) in [6.07, 6.45) is 0.762. The van der Waals surface area contributed by atoms with Crippen molar-refractivity contribution in [2.24, 2.45) is 0 Å². The number of para-hydroxylation sites is 2. The topological polar surface area (TPSA) is 52.6 Å². The number of hydrogen-bond acceptors (Lipinski definition) is 2. The summed E-state index contributed by atoms with van der Waals surface area (Å²) >= 11 is 0. The van der Waals surface area contributed by atoms with E-state index in [0.717, 1.165) is 6.42 Å². The molecule has 0 aliphatic carbocycles. The molecule has 116 valence electrons. The summed E-state index contributed by atoms with van der Waals surface area (Å²) in [6, 6.07) is 12.5. The van der Waals surface area contributed by atoms with Crippen LogP contribution in [0.3, 0.4) is 0 Å². The van der Waals surface area contributed by atoms with E-state index in [1.54, 1.807) is 41.3 Å². The van der Waals surface area contributed by atoms with Crippen molar-refractivity contribution in [1.82, 2.24) is 4.90 Å². The Balaban J connectivity index is 2.12. The first-order valence-corrected chi connectivity index (χ1v) is 7.19. The van der Waals surface area contributed by atoms with Gasteiger partial charge in [0.25, 0.3) is 0 Å². The Bertz CT molecular complexity index is 646. The largest absolute Gasteiger partial charge is 0.508 e. The highest BCUT2D eigenvalue weighted by atomic mass is 19.1. The normalized spacial score (nSPS) is 10.3. The molecule has 4 nitrogen and oxygen atoms in total. The van der Waals surface area contributed by atoms with Crippen LogP contribution in [0, 0.1) is 5.82 Å². The molecule has 5 heteroatoms. The minimum absolute atomic E-state index is 0.141. The second-order valence-corrected chi connectivity index (χ2v) is 4.96. The molecule has 0 aliphatic heterocycles. The molecule has 0 heterocycles. The summed E-state index contributed by atoms with van der Waals surface area (Å²) in [5.74, 6) is -0.336. The number of carbonyl (C=O) groups is 1. The SMILES string of the molecule is CCCN(Cc1ccccc1O)C(=O)Nc1ccccc1F.